The lowest BCUT2D eigenvalue weighted by Crippen LogP contribution is -2.48. The molecule has 25 heavy (non-hydrogen) atoms. The molecule has 1 fully saturated rings. The molecule has 2 aromatic rings. The summed E-state index contributed by atoms with van der Waals surface area (Å²) in [6, 6.07) is 14.6. The van der Waals surface area contributed by atoms with Crippen LogP contribution in [-0.4, -0.2) is 31.3 Å². The first-order chi connectivity index (χ1) is 12.0. The number of urea groups is 1. The highest BCUT2D eigenvalue weighted by Gasteiger charge is 2.27. The molecule has 1 atom stereocenters. The van der Waals surface area contributed by atoms with Crippen LogP contribution in [0, 0.1) is 0 Å². The Morgan fingerprint density at radius 1 is 1.20 bits per heavy atom. The van der Waals surface area contributed by atoms with Gasteiger partial charge in [0.25, 0.3) is 0 Å². The summed E-state index contributed by atoms with van der Waals surface area (Å²) in [5.41, 5.74) is 2.28. The fourth-order valence-electron chi connectivity index (χ4n) is 2.87. The van der Waals surface area contributed by atoms with Gasteiger partial charge in [0.1, 0.15) is 0 Å². The number of carbonyl (C=O) groups excluding carboxylic acids is 1. The average molecular weight is 360 g/mol. The van der Waals surface area contributed by atoms with Gasteiger partial charge in [-0.1, -0.05) is 35.9 Å². The standard InChI is InChI=1S/C19H22ClN3O2/c1-19(13-21-10-11-25-19)12-14-6-8-15(9-7-14)22-18(24)23-17-5-3-2-4-16(17)20/h2-9,21H,10-13H2,1H3,(H2,22,23,24)/t19-/m1/s1. The number of nitrogens with one attached hydrogen (secondary N) is 3. The summed E-state index contributed by atoms with van der Waals surface area (Å²) in [6.45, 7) is 4.59. The zero-order valence-electron chi connectivity index (χ0n) is 14.1. The molecule has 1 aliphatic heterocycles. The Kier molecular flexibility index (Phi) is 5.58. The first kappa shape index (κ1) is 17.7. The van der Waals surface area contributed by atoms with E-state index in [1.807, 2.05) is 36.4 Å². The summed E-state index contributed by atoms with van der Waals surface area (Å²) in [5.74, 6) is 0. The van der Waals surface area contributed by atoms with Gasteiger partial charge in [-0.25, -0.2) is 4.79 Å². The molecule has 132 valence electrons. The van der Waals surface area contributed by atoms with E-state index < -0.39 is 0 Å². The lowest BCUT2D eigenvalue weighted by atomic mass is 9.95. The number of rotatable bonds is 4. The van der Waals surface area contributed by atoms with Gasteiger partial charge in [0.2, 0.25) is 0 Å². The van der Waals surface area contributed by atoms with Gasteiger partial charge >= 0.3 is 6.03 Å². The fraction of sp³-hybridized carbons (Fsp3) is 0.316. The van der Waals surface area contributed by atoms with Crippen molar-refractivity contribution in [2.45, 2.75) is 18.9 Å². The minimum atomic E-state index is -0.326. The first-order valence-corrected chi connectivity index (χ1v) is 8.68. The molecular formula is C19H22ClN3O2. The van der Waals surface area contributed by atoms with Crippen LogP contribution in [-0.2, 0) is 11.2 Å². The Bertz CT molecular complexity index is 728. The number of hydrogen-bond acceptors (Lipinski definition) is 3. The number of hydrogen-bond donors (Lipinski definition) is 3. The maximum absolute atomic E-state index is 12.1. The highest BCUT2D eigenvalue weighted by atomic mass is 35.5. The van der Waals surface area contributed by atoms with E-state index in [0.29, 0.717) is 10.7 Å². The summed E-state index contributed by atoms with van der Waals surface area (Å²) >= 11 is 6.04. The lowest BCUT2D eigenvalue weighted by Gasteiger charge is -2.34. The number of carbonyl (C=O) groups is 1. The molecule has 0 saturated carbocycles. The number of ether oxygens (including phenoxy) is 1. The van der Waals surface area contributed by atoms with E-state index >= 15 is 0 Å². The highest BCUT2D eigenvalue weighted by molar-refractivity contribution is 6.33. The average Bonchev–Trinajstić information content (AvgIpc) is 2.59. The minimum Gasteiger partial charge on any atom is -0.372 e. The molecule has 1 saturated heterocycles. The topological polar surface area (TPSA) is 62.4 Å². The zero-order valence-corrected chi connectivity index (χ0v) is 14.9. The predicted molar refractivity (Wildman–Crippen MR) is 101 cm³/mol. The van der Waals surface area contributed by atoms with Gasteiger partial charge in [0.05, 0.1) is 22.9 Å². The summed E-state index contributed by atoms with van der Waals surface area (Å²) in [7, 11) is 0. The third-order valence-electron chi connectivity index (χ3n) is 4.14. The fourth-order valence-corrected chi connectivity index (χ4v) is 3.05. The van der Waals surface area contributed by atoms with Crippen LogP contribution in [0.1, 0.15) is 12.5 Å². The van der Waals surface area contributed by atoms with Gasteiger partial charge in [-0.2, -0.15) is 0 Å². The Morgan fingerprint density at radius 2 is 1.96 bits per heavy atom. The summed E-state index contributed by atoms with van der Waals surface area (Å²) < 4.78 is 5.89. The summed E-state index contributed by atoms with van der Waals surface area (Å²) in [5, 5.41) is 9.40. The van der Waals surface area contributed by atoms with Crippen molar-refractivity contribution < 1.29 is 9.53 Å². The van der Waals surface area contributed by atoms with Crippen molar-refractivity contribution in [3.63, 3.8) is 0 Å². The maximum atomic E-state index is 12.1. The largest absolute Gasteiger partial charge is 0.372 e. The first-order valence-electron chi connectivity index (χ1n) is 8.30. The molecule has 0 spiro atoms. The van der Waals surface area contributed by atoms with E-state index in [0.717, 1.165) is 31.8 Å². The second-order valence-electron chi connectivity index (χ2n) is 6.41. The third-order valence-corrected chi connectivity index (χ3v) is 4.47. The lowest BCUT2D eigenvalue weighted by molar-refractivity contribution is -0.0516. The van der Waals surface area contributed by atoms with Gasteiger partial charge in [-0.3, -0.25) is 0 Å². The number of benzene rings is 2. The van der Waals surface area contributed by atoms with Gasteiger partial charge in [-0.15, -0.1) is 0 Å². The molecule has 1 heterocycles. The number of para-hydroxylation sites is 1. The van der Waals surface area contributed by atoms with Crippen LogP contribution in [0.25, 0.3) is 0 Å². The van der Waals surface area contributed by atoms with E-state index in [1.54, 1.807) is 12.1 Å². The van der Waals surface area contributed by atoms with Crippen LogP contribution in [0.4, 0.5) is 16.2 Å². The van der Waals surface area contributed by atoms with Crippen molar-refractivity contribution in [3.05, 3.63) is 59.1 Å². The van der Waals surface area contributed by atoms with Crippen LogP contribution in [0.2, 0.25) is 5.02 Å². The summed E-state index contributed by atoms with van der Waals surface area (Å²) in [6.07, 6.45) is 0.825. The molecule has 0 radical (unpaired) electrons. The second-order valence-corrected chi connectivity index (χ2v) is 6.82. The molecule has 0 bridgehead atoms. The number of anilines is 2. The molecule has 0 aromatic heterocycles. The minimum absolute atomic E-state index is 0.186. The van der Waals surface area contributed by atoms with Crippen LogP contribution < -0.4 is 16.0 Å². The van der Waals surface area contributed by atoms with Gasteiger partial charge < -0.3 is 20.7 Å². The van der Waals surface area contributed by atoms with Crippen LogP contribution in [0.15, 0.2) is 48.5 Å². The van der Waals surface area contributed by atoms with Crippen LogP contribution in [0.5, 0.6) is 0 Å². The SMILES string of the molecule is C[C@@]1(Cc2ccc(NC(=O)Nc3ccccc3Cl)cc2)CNCCO1. The smallest absolute Gasteiger partial charge is 0.323 e. The third kappa shape index (κ3) is 4.95. The maximum Gasteiger partial charge on any atom is 0.323 e. The number of halogens is 1. The van der Waals surface area contributed by atoms with Crippen LogP contribution in [0.3, 0.4) is 0 Å². The zero-order chi connectivity index (χ0) is 17.7. The monoisotopic (exact) mass is 359 g/mol. The van der Waals surface area contributed by atoms with E-state index in [9.17, 15) is 4.79 Å². The Balaban J connectivity index is 1.57. The van der Waals surface area contributed by atoms with Crippen molar-refractivity contribution in [2.24, 2.45) is 0 Å². The Hall–Kier alpha value is -2.08. The van der Waals surface area contributed by atoms with Crippen molar-refractivity contribution in [3.8, 4) is 0 Å². The predicted octanol–water partition coefficient (Wildman–Crippen LogP) is 3.91. The van der Waals surface area contributed by atoms with Crippen molar-refractivity contribution in [2.75, 3.05) is 30.3 Å². The van der Waals surface area contributed by atoms with Gasteiger partial charge in [0.15, 0.2) is 0 Å². The quantitative estimate of drug-likeness (QED) is 0.775. The highest BCUT2D eigenvalue weighted by Crippen LogP contribution is 2.22. The molecule has 3 rings (SSSR count). The molecule has 0 aliphatic carbocycles. The molecule has 6 heteroatoms. The number of morpholine rings is 1. The van der Waals surface area contributed by atoms with E-state index in [4.69, 9.17) is 16.3 Å². The Morgan fingerprint density at radius 3 is 2.64 bits per heavy atom. The molecule has 0 unspecified atom stereocenters. The molecule has 5 nitrogen and oxygen atoms in total. The number of amides is 2. The second kappa shape index (κ2) is 7.87. The van der Waals surface area contributed by atoms with Crippen molar-refractivity contribution >= 4 is 29.0 Å². The summed E-state index contributed by atoms with van der Waals surface area (Å²) in [4.78, 5) is 12.1. The molecular weight excluding hydrogens is 338 g/mol. The van der Waals surface area contributed by atoms with E-state index in [1.165, 1.54) is 5.56 Å². The van der Waals surface area contributed by atoms with Gasteiger partial charge in [0, 0.05) is 25.2 Å². The normalized spacial score (nSPS) is 20.1. The van der Waals surface area contributed by atoms with Crippen LogP contribution >= 0.6 is 11.6 Å². The van der Waals surface area contributed by atoms with Crippen molar-refractivity contribution in [1.29, 1.82) is 0 Å². The van der Waals surface area contributed by atoms with E-state index in [2.05, 4.69) is 22.9 Å². The molecule has 1 aliphatic rings. The molecule has 2 amide bonds. The molecule has 2 aromatic carbocycles. The van der Waals surface area contributed by atoms with Crippen molar-refractivity contribution in [1.82, 2.24) is 5.32 Å². The van der Waals surface area contributed by atoms with E-state index in [-0.39, 0.29) is 11.6 Å². The Labute approximate surface area is 152 Å². The molecule has 3 N–H and O–H groups in total. The van der Waals surface area contributed by atoms with Gasteiger partial charge in [-0.05, 0) is 36.8 Å².